The highest BCUT2D eigenvalue weighted by Crippen LogP contribution is 2.20. The van der Waals surface area contributed by atoms with Crippen LogP contribution in [0, 0.1) is 12.2 Å². The molecule has 0 amide bonds. The molecule has 0 aromatic heterocycles. The van der Waals surface area contributed by atoms with E-state index in [4.69, 9.17) is 11.6 Å². The largest absolute Gasteiger partial charge is 0.380 e. The molecule has 5 heteroatoms. The van der Waals surface area contributed by atoms with Gasteiger partial charge in [0.2, 0.25) is 0 Å². The molecule has 1 unspecified atom stereocenters. The fourth-order valence-electron chi connectivity index (χ4n) is 1.05. The summed E-state index contributed by atoms with van der Waals surface area (Å²) in [7, 11) is 4.08. The molecular formula is C10H14ClFNOSi. The SMILES string of the molecule is CN(C)C(O)([SiH3])[CH]c1ccc(Cl)c(F)c1. The monoisotopic (exact) mass is 246 g/mol. The van der Waals surface area contributed by atoms with Gasteiger partial charge in [-0.3, -0.25) is 4.90 Å². The predicted molar refractivity (Wildman–Crippen MR) is 63.4 cm³/mol. The number of nitrogens with zero attached hydrogens (tertiary/aromatic N) is 1. The van der Waals surface area contributed by atoms with E-state index in [9.17, 15) is 9.50 Å². The molecule has 1 atom stereocenters. The molecule has 0 fully saturated rings. The van der Waals surface area contributed by atoms with Crippen LogP contribution in [0.1, 0.15) is 5.56 Å². The Morgan fingerprint density at radius 1 is 1.53 bits per heavy atom. The molecule has 0 aliphatic heterocycles. The highest BCUT2D eigenvalue weighted by atomic mass is 35.5. The number of benzene rings is 1. The van der Waals surface area contributed by atoms with Crippen LogP contribution in [0.5, 0.6) is 0 Å². The standard InChI is InChI=1S/C10H14ClFNOSi/c1-13(2)10(14,15)6-7-3-4-8(11)9(12)5-7/h3-6,14H,1-2,15H3. The van der Waals surface area contributed by atoms with Crippen LogP contribution in [0.4, 0.5) is 4.39 Å². The first-order valence-corrected chi connectivity index (χ1v) is 5.91. The van der Waals surface area contributed by atoms with Crippen molar-refractivity contribution < 1.29 is 9.50 Å². The Hall–Kier alpha value is -0.423. The van der Waals surface area contributed by atoms with E-state index in [1.165, 1.54) is 12.1 Å². The summed E-state index contributed by atoms with van der Waals surface area (Å²) in [6, 6.07) is 4.47. The molecule has 1 rings (SSSR count). The van der Waals surface area contributed by atoms with E-state index in [1.807, 2.05) is 0 Å². The molecule has 83 valence electrons. The Labute approximate surface area is 97.1 Å². The number of aliphatic hydroxyl groups is 1. The lowest BCUT2D eigenvalue weighted by atomic mass is 10.1. The van der Waals surface area contributed by atoms with Gasteiger partial charge in [0, 0.05) is 6.42 Å². The van der Waals surface area contributed by atoms with Crippen molar-refractivity contribution in [3.63, 3.8) is 0 Å². The summed E-state index contributed by atoms with van der Waals surface area (Å²) in [5, 5.41) is 9.10. The summed E-state index contributed by atoms with van der Waals surface area (Å²) in [4.78, 5) is 1.69. The van der Waals surface area contributed by atoms with E-state index in [-0.39, 0.29) is 5.02 Å². The minimum absolute atomic E-state index is 0.0916. The molecule has 15 heavy (non-hydrogen) atoms. The first-order valence-electron chi connectivity index (χ1n) is 4.53. The third-order valence-electron chi connectivity index (χ3n) is 2.29. The Kier molecular flexibility index (Phi) is 3.89. The van der Waals surface area contributed by atoms with Crippen LogP contribution in [0.15, 0.2) is 18.2 Å². The van der Waals surface area contributed by atoms with Crippen molar-refractivity contribution in [1.82, 2.24) is 4.90 Å². The summed E-state index contributed by atoms with van der Waals surface area (Å²) in [5.74, 6) is -0.471. The zero-order valence-corrected chi connectivity index (χ0v) is 11.7. The molecule has 1 radical (unpaired) electrons. The van der Waals surface area contributed by atoms with Gasteiger partial charge in [-0.2, -0.15) is 0 Å². The maximum atomic E-state index is 13.1. The smallest absolute Gasteiger partial charge is 0.142 e. The third-order valence-corrected chi connectivity index (χ3v) is 3.78. The lowest BCUT2D eigenvalue weighted by Gasteiger charge is -2.30. The Bertz CT molecular complexity index is 357. The summed E-state index contributed by atoms with van der Waals surface area (Å²) < 4.78 is 13.1. The predicted octanol–water partition coefficient (Wildman–Crippen LogP) is 0.605. The van der Waals surface area contributed by atoms with Crippen LogP contribution >= 0.6 is 11.6 Å². The molecule has 0 spiro atoms. The zero-order chi connectivity index (χ0) is 11.6. The topological polar surface area (TPSA) is 23.5 Å². The fourth-order valence-corrected chi connectivity index (χ4v) is 1.50. The van der Waals surface area contributed by atoms with Crippen molar-refractivity contribution in [2.24, 2.45) is 0 Å². The van der Waals surface area contributed by atoms with Gasteiger partial charge < -0.3 is 5.11 Å². The van der Waals surface area contributed by atoms with Gasteiger partial charge in [-0.05, 0) is 31.8 Å². The van der Waals surface area contributed by atoms with Gasteiger partial charge in [-0.25, -0.2) is 4.39 Å². The first kappa shape index (κ1) is 12.6. The van der Waals surface area contributed by atoms with Gasteiger partial charge in [0.15, 0.2) is 0 Å². The van der Waals surface area contributed by atoms with E-state index >= 15 is 0 Å². The third kappa shape index (κ3) is 3.27. The normalized spacial score (nSPS) is 15.6. The summed E-state index contributed by atoms with van der Waals surface area (Å²) >= 11 is 5.56. The fraction of sp³-hybridized carbons (Fsp3) is 0.300. The average Bonchev–Trinajstić information content (AvgIpc) is 2.10. The zero-order valence-electron chi connectivity index (χ0n) is 8.96. The quantitative estimate of drug-likeness (QED) is 0.624. The van der Waals surface area contributed by atoms with Crippen LogP contribution in [0.25, 0.3) is 0 Å². The van der Waals surface area contributed by atoms with Gasteiger partial charge in [0.1, 0.15) is 11.2 Å². The lowest BCUT2D eigenvalue weighted by Crippen LogP contribution is -2.45. The molecule has 0 aliphatic carbocycles. The second-order valence-corrected chi connectivity index (χ2v) is 5.69. The second kappa shape index (κ2) is 4.61. The number of hydrogen-bond acceptors (Lipinski definition) is 2. The number of rotatable bonds is 3. The molecule has 0 aliphatic rings. The van der Waals surface area contributed by atoms with Crippen molar-refractivity contribution in [1.29, 1.82) is 0 Å². The molecule has 0 heterocycles. The molecule has 2 nitrogen and oxygen atoms in total. The average molecular weight is 247 g/mol. The van der Waals surface area contributed by atoms with E-state index in [0.29, 0.717) is 15.8 Å². The summed E-state index contributed by atoms with van der Waals surface area (Å²) in [6.07, 6.45) is 1.62. The van der Waals surface area contributed by atoms with Crippen molar-refractivity contribution in [3.05, 3.63) is 41.0 Å². The van der Waals surface area contributed by atoms with Crippen molar-refractivity contribution in [2.45, 2.75) is 5.35 Å². The van der Waals surface area contributed by atoms with Gasteiger partial charge in [0.25, 0.3) is 0 Å². The summed E-state index contributed by atoms with van der Waals surface area (Å²) in [6.45, 7) is 0. The van der Waals surface area contributed by atoms with Crippen LogP contribution in [0.3, 0.4) is 0 Å². The van der Waals surface area contributed by atoms with E-state index in [1.54, 1.807) is 31.5 Å². The summed E-state index contributed by atoms with van der Waals surface area (Å²) in [5.41, 5.74) is 0.628. The number of hydrogen-bond donors (Lipinski definition) is 1. The molecule has 1 aromatic carbocycles. The van der Waals surface area contributed by atoms with E-state index in [2.05, 4.69) is 0 Å². The van der Waals surface area contributed by atoms with Gasteiger partial charge >= 0.3 is 0 Å². The molecule has 1 N–H and O–H groups in total. The Morgan fingerprint density at radius 3 is 2.60 bits per heavy atom. The molecule has 0 saturated heterocycles. The number of likely N-dealkylation sites (N-methyl/N-ethyl adjacent to an activating group) is 1. The molecule has 1 aromatic rings. The first-order chi connectivity index (χ1) is 6.83. The van der Waals surface area contributed by atoms with Crippen LogP contribution in [-0.2, 0) is 0 Å². The number of halogens is 2. The minimum atomic E-state index is -0.972. The van der Waals surface area contributed by atoms with Crippen molar-refractivity contribution in [2.75, 3.05) is 14.1 Å². The highest BCUT2D eigenvalue weighted by molar-refractivity contribution is 6.30. The Morgan fingerprint density at radius 2 is 2.13 bits per heavy atom. The minimum Gasteiger partial charge on any atom is -0.380 e. The van der Waals surface area contributed by atoms with Gasteiger partial charge in [0.05, 0.1) is 15.3 Å². The molecular weight excluding hydrogens is 233 g/mol. The lowest BCUT2D eigenvalue weighted by molar-refractivity contribution is 0.0282. The van der Waals surface area contributed by atoms with Crippen molar-refractivity contribution >= 4 is 21.8 Å². The Balaban J connectivity index is 2.86. The maximum Gasteiger partial charge on any atom is 0.142 e. The van der Waals surface area contributed by atoms with Crippen LogP contribution < -0.4 is 0 Å². The van der Waals surface area contributed by atoms with E-state index in [0.717, 1.165) is 0 Å². The van der Waals surface area contributed by atoms with Crippen LogP contribution in [0.2, 0.25) is 5.02 Å². The molecule has 0 saturated carbocycles. The molecule has 0 bridgehead atoms. The maximum absolute atomic E-state index is 13.1. The van der Waals surface area contributed by atoms with E-state index < -0.39 is 11.2 Å². The van der Waals surface area contributed by atoms with Crippen LogP contribution in [-0.4, -0.2) is 39.7 Å². The van der Waals surface area contributed by atoms with Crippen molar-refractivity contribution in [3.8, 4) is 0 Å². The second-order valence-electron chi connectivity index (χ2n) is 3.81. The van der Waals surface area contributed by atoms with Gasteiger partial charge in [-0.1, -0.05) is 17.7 Å². The highest BCUT2D eigenvalue weighted by Gasteiger charge is 2.23. The van der Waals surface area contributed by atoms with Gasteiger partial charge in [-0.15, -0.1) is 0 Å².